The maximum absolute atomic E-state index is 11.2. The van der Waals surface area contributed by atoms with Crippen molar-refractivity contribution in [3.05, 3.63) is 24.3 Å². The molecule has 0 heterocycles. The van der Waals surface area contributed by atoms with E-state index in [2.05, 4.69) is 5.32 Å². The Labute approximate surface area is 101 Å². The number of nitrogens with one attached hydrogen (secondary N) is 1. The third-order valence-electron chi connectivity index (χ3n) is 2.17. The first-order valence-corrected chi connectivity index (χ1v) is 6.86. The second-order valence-corrected chi connectivity index (χ2v) is 5.54. The van der Waals surface area contributed by atoms with Gasteiger partial charge in [-0.2, -0.15) is 5.26 Å². The van der Waals surface area contributed by atoms with E-state index in [1.54, 1.807) is 19.2 Å². The summed E-state index contributed by atoms with van der Waals surface area (Å²) in [7, 11) is -1.51. The van der Waals surface area contributed by atoms with Gasteiger partial charge in [0.2, 0.25) is 0 Å². The van der Waals surface area contributed by atoms with Gasteiger partial charge >= 0.3 is 0 Å². The third kappa shape index (κ3) is 4.06. The second-order valence-electron chi connectivity index (χ2n) is 3.52. The molecule has 1 unspecified atom stereocenters. The van der Waals surface area contributed by atoms with Gasteiger partial charge in [-0.05, 0) is 31.3 Å². The van der Waals surface area contributed by atoms with Gasteiger partial charge < -0.3 is 10.1 Å². The number of sulfone groups is 1. The van der Waals surface area contributed by atoms with Gasteiger partial charge in [-0.3, -0.25) is 0 Å². The molecule has 0 aliphatic rings. The molecule has 1 aromatic carbocycles. The molecule has 17 heavy (non-hydrogen) atoms. The molecule has 1 atom stereocenters. The van der Waals surface area contributed by atoms with Crippen molar-refractivity contribution in [1.82, 2.24) is 5.32 Å². The fourth-order valence-corrected chi connectivity index (χ4v) is 1.78. The number of benzene rings is 1. The standard InChI is InChI=1S/C11H14N2O3S/c1-13-9(7-12)8-16-10-3-5-11(6-4-10)17(2,14)15/h3-6,9,13H,8H2,1-2H3. The van der Waals surface area contributed by atoms with Crippen molar-refractivity contribution in [1.29, 1.82) is 5.26 Å². The van der Waals surface area contributed by atoms with Crippen LogP contribution >= 0.6 is 0 Å². The van der Waals surface area contributed by atoms with E-state index in [0.29, 0.717) is 5.75 Å². The van der Waals surface area contributed by atoms with Crippen LogP contribution in [0.2, 0.25) is 0 Å². The molecule has 6 heteroatoms. The van der Waals surface area contributed by atoms with Gasteiger partial charge in [-0.25, -0.2) is 8.42 Å². The summed E-state index contributed by atoms with van der Waals surface area (Å²) < 4.78 is 27.8. The van der Waals surface area contributed by atoms with Crippen LogP contribution in [0.4, 0.5) is 0 Å². The highest BCUT2D eigenvalue weighted by Crippen LogP contribution is 2.15. The highest BCUT2D eigenvalue weighted by molar-refractivity contribution is 7.90. The summed E-state index contributed by atoms with van der Waals surface area (Å²) in [5, 5.41) is 11.5. The van der Waals surface area contributed by atoms with Gasteiger partial charge in [0.05, 0.1) is 11.0 Å². The van der Waals surface area contributed by atoms with Crippen LogP contribution in [0.15, 0.2) is 29.2 Å². The fourth-order valence-electron chi connectivity index (χ4n) is 1.15. The largest absolute Gasteiger partial charge is 0.491 e. The Morgan fingerprint density at radius 2 is 2.00 bits per heavy atom. The van der Waals surface area contributed by atoms with E-state index in [1.807, 2.05) is 6.07 Å². The molecule has 92 valence electrons. The molecule has 0 aliphatic carbocycles. The lowest BCUT2D eigenvalue weighted by Gasteiger charge is -2.10. The molecule has 0 radical (unpaired) electrons. The number of hydrogen-bond donors (Lipinski definition) is 1. The zero-order chi connectivity index (χ0) is 12.9. The van der Waals surface area contributed by atoms with E-state index in [4.69, 9.17) is 10.00 Å². The average molecular weight is 254 g/mol. The minimum atomic E-state index is -3.18. The Bertz CT molecular complexity index is 503. The number of nitrogens with zero attached hydrogens (tertiary/aromatic N) is 1. The molecule has 0 aromatic heterocycles. The van der Waals surface area contributed by atoms with Gasteiger partial charge in [0.25, 0.3) is 0 Å². The molecule has 0 bridgehead atoms. The topological polar surface area (TPSA) is 79.2 Å². The van der Waals surface area contributed by atoms with E-state index >= 15 is 0 Å². The lowest BCUT2D eigenvalue weighted by atomic mass is 10.3. The minimum Gasteiger partial charge on any atom is -0.491 e. The van der Waals surface area contributed by atoms with Crippen molar-refractivity contribution in [2.75, 3.05) is 19.9 Å². The summed E-state index contributed by atoms with van der Waals surface area (Å²) in [5.41, 5.74) is 0. The molecule has 0 saturated carbocycles. The Balaban J connectivity index is 2.67. The van der Waals surface area contributed by atoms with E-state index in [0.717, 1.165) is 6.26 Å². The predicted octanol–water partition coefficient (Wildman–Crippen LogP) is 0.580. The smallest absolute Gasteiger partial charge is 0.175 e. The van der Waals surface area contributed by atoms with Crippen LogP contribution in [-0.4, -0.2) is 34.4 Å². The quantitative estimate of drug-likeness (QED) is 0.831. The molecular formula is C11H14N2O3S. The lowest BCUT2D eigenvalue weighted by Crippen LogP contribution is -2.29. The van der Waals surface area contributed by atoms with E-state index in [1.165, 1.54) is 12.1 Å². The van der Waals surface area contributed by atoms with Gasteiger partial charge in [0, 0.05) is 6.26 Å². The Morgan fingerprint density at radius 1 is 1.41 bits per heavy atom. The second kappa shape index (κ2) is 5.66. The molecule has 0 amide bonds. The van der Waals surface area contributed by atoms with Crippen LogP contribution in [-0.2, 0) is 9.84 Å². The van der Waals surface area contributed by atoms with Crippen LogP contribution in [0, 0.1) is 11.3 Å². The highest BCUT2D eigenvalue weighted by atomic mass is 32.2. The Hall–Kier alpha value is -1.58. The van der Waals surface area contributed by atoms with Crippen molar-refractivity contribution >= 4 is 9.84 Å². The zero-order valence-corrected chi connectivity index (χ0v) is 10.5. The van der Waals surface area contributed by atoms with Crippen molar-refractivity contribution in [2.24, 2.45) is 0 Å². The van der Waals surface area contributed by atoms with Gasteiger partial charge in [-0.1, -0.05) is 0 Å². The van der Waals surface area contributed by atoms with Crippen molar-refractivity contribution in [3.8, 4) is 11.8 Å². The maximum Gasteiger partial charge on any atom is 0.175 e. The summed E-state index contributed by atoms with van der Waals surface area (Å²) in [6, 6.07) is 7.74. The molecule has 0 aliphatic heterocycles. The summed E-state index contributed by atoms with van der Waals surface area (Å²) in [4.78, 5) is 0.246. The average Bonchev–Trinajstić information content (AvgIpc) is 2.30. The first-order chi connectivity index (χ1) is 7.97. The Morgan fingerprint density at radius 3 is 2.41 bits per heavy atom. The first kappa shape index (κ1) is 13.5. The molecule has 0 spiro atoms. The van der Waals surface area contributed by atoms with Crippen LogP contribution in [0.25, 0.3) is 0 Å². The lowest BCUT2D eigenvalue weighted by molar-refractivity contribution is 0.295. The zero-order valence-electron chi connectivity index (χ0n) is 9.67. The van der Waals surface area contributed by atoms with Crippen molar-refractivity contribution < 1.29 is 13.2 Å². The van der Waals surface area contributed by atoms with Crippen LogP contribution in [0.1, 0.15) is 0 Å². The molecule has 0 saturated heterocycles. The number of hydrogen-bond acceptors (Lipinski definition) is 5. The Kier molecular flexibility index (Phi) is 4.49. The summed E-state index contributed by atoms with van der Waals surface area (Å²) in [6.07, 6.45) is 1.15. The van der Waals surface area contributed by atoms with Crippen LogP contribution in [0.5, 0.6) is 5.75 Å². The predicted molar refractivity (Wildman–Crippen MR) is 63.5 cm³/mol. The molecule has 1 aromatic rings. The van der Waals surface area contributed by atoms with Crippen LogP contribution in [0.3, 0.4) is 0 Å². The minimum absolute atomic E-state index is 0.214. The van der Waals surface area contributed by atoms with Crippen molar-refractivity contribution in [2.45, 2.75) is 10.9 Å². The molecular weight excluding hydrogens is 240 g/mol. The number of likely N-dealkylation sites (N-methyl/N-ethyl adjacent to an activating group) is 1. The SMILES string of the molecule is CNC(C#N)COc1ccc(S(C)(=O)=O)cc1. The van der Waals surface area contributed by atoms with E-state index < -0.39 is 9.84 Å². The van der Waals surface area contributed by atoms with Gasteiger partial charge in [0.1, 0.15) is 18.4 Å². The monoisotopic (exact) mass is 254 g/mol. The molecule has 0 fully saturated rings. The summed E-state index contributed by atoms with van der Waals surface area (Å²) in [5.74, 6) is 0.535. The maximum atomic E-state index is 11.2. The van der Waals surface area contributed by atoms with Crippen LogP contribution < -0.4 is 10.1 Å². The third-order valence-corrected chi connectivity index (χ3v) is 3.30. The highest BCUT2D eigenvalue weighted by Gasteiger charge is 2.08. The fraction of sp³-hybridized carbons (Fsp3) is 0.364. The van der Waals surface area contributed by atoms with Crippen molar-refractivity contribution in [3.63, 3.8) is 0 Å². The summed E-state index contributed by atoms with van der Waals surface area (Å²) >= 11 is 0. The van der Waals surface area contributed by atoms with Gasteiger partial charge in [-0.15, -0.1) is 0 Å². The number of rotatable bonds is 5. The normalized spacial score (nSPS) is 12.8. The molecule has 1 N–H and O–H groups in total. The summed E-state index contributed by atoms with van der Waals surface area (Å²) in [6.45, 7) is 0.214. The first-order valence-electron chi connectivity index (χ1n) is 4.97. The number of ether oxygens (including phenoxy) is 1. The molecule has 5 nitrogen and oxygen atoms in total. The number of nitriles is 1. The molecule has 1 rings (SSSR count). The van der Waals surface area contributed by atoms with Gasteiger partial charge in [0.15, 0.2) is 9.84 Å². The van der Waals surface area contributed by atoms with E-state index in [-0.39, 0.29) is 17.5 Å². The van der Waals surface area contributed by atoms with E-state index in [9.17, 15) is 8.42 Å².